The largest absolute Gasteiger partial charge is 0.392 e. The van der Waals surface area contributed by atoms with Gasteiger partial charge in [0.25, 0.3) is 9.70 Å². The summed E-state index contributed by atoms with van der Waals surface area (Å²) < 4.78 is 13.0. The molecule has 1 aromatic heterocycles. The van der Waals surface area contributed by atoms with Crippen LogP contribution in [0.25, 0.3) is 11.0 Å². The summed E-state index contributed by atoms with van der Waals surface area (Å²) in [7, 11) is 0. The lowest BCUT2D eigenvalue weighted by atomic mass is 9.90. The van der Waals surface area contributed by atoms with E-state index in [2.05, 4.69) is 21.8 Å². The Bertz CT molecular complexity index is 1420. The Labute approximate surface area is 235 Å². The van der Waals surface area contributed by atoms with Gasteiger partial charge >= 0.3 is 0 Å². The Balaban J connectivity index is 1.46. The number of imidazole rings is 1. The van der Waals surface area contributed by atoms with Crippen LogP contribution in [0.3, 0.4) is 0 Å². The van der Waals surface area contributed by atoms with Gasteiger partial charge in [0.05, 0.1) is 42.7 Å². The van der Waals surface area contributed by atoms with Crippen molar-refractivity contribution in [2.24, 2.45) is 5.92 Å². The van der Waals surface area contributed by atoms with Crippen molar-refractivity contribution in [2.75, 3.05) is 5.32 Å². The molecular formula is C28H26Cl3N3O4. The van der Waals surface area contributed by atoms with Gasteiger partial charge < -0.3 is 24.5 Å². The summed E-state index contributed by atoms with van der Waals surface area (Å²) in [6.07, 6.45) is 0.579. The number of hydrogen-bond donors (Lipinski definition) is 2. The van der Waals surface area contributed by atoms with E-state index in [9.17, 15) is 9.90 Å². The Morgan fingerprint density at radius 1 is 1.03 bits per heavy atom. The average molecular weight is 575 g/mol. The Hall–Kier alpha value is -2.65. The fourth-order valence-corrected chi connectivity index (χ4v) is 4.78. The highest BCUT2D eigenvalue weighted by atomic mass is 35.6. The molecule has 0 unspecified atom stereocenters. The third-order valence-corrected chi connectivity index (χ3v) is 7.22. The van der Waals surface area contributed by atoms with Crippen LogP contribution in [-0.2, 0) is 27.4 Å². The number of carbonyl (C=O) groups excluding carboxylic acids is 1. The molecule has 5 rings (SSSR count). The summed E-state index contributed by atoms with van der Waals surface area (Å²) in [6.45, 7) is 2.63. The van der Waals surface area contributed by atoms with Crippen molar-refractivity contribution in [3.05, 3.63) is 95.8 Å². The van der Waals surface area contributed by atoms with Crippen LogP contribution in [-0.4, -0.2) is 30.5 Å². The van der Waals surface area contributed by atoms with E-state index in [1.165, 1.54) is 0 Å². The van der Waals surface area contributed by atoms with E-state index in [1.807, 2.05) is 60.9 Å². The smallest absolute Gasteiger partial charge is 0.276 e. The number of carbonyl (C=O) groups is 1. The number of aromatic nitrogens is 2. The van der Waals surface area contributed by atoms with Crippen molar-refractivity contribution in [3.8, 4) is 0 Å². The molecule has 0 saturated carbocycles. The highest BCUT2D eigenvalue weighted by Gasteiger charge is 2.39. The van der Waals surface area contributed by atoms with Crippen molar-refractivity contribution in [1.82, 2.24) is 9.55 Å². The lowest BCUT2D eigenvalue weighted by Crippen LogP contribution is -2.39. The van der Waals surface area contributed by atoms with Crippen molar-refractivity contribution < 1.29 is 19.4 Å². The van der Waals surface area contributed by atoms with Crippen molar-refractivity contribution in [1.29, 1.82) is 0 Å². The maximum absolute atomic E-state index is 12.2. The maximum atomic E-state index is 12.2. The number of hydrogen-bond acceptors (Lipinski definition) is 5. The average Bonchev–Trinajstić information content (AvgIpc) is 3.32. The fourth-order valence-electron chi connectivity index (χ4n) is 4.64. The van der Waals surface area contributed by atoms with Crippen LogP contribution in [0.1, 0.15) is 36.0 Å². The van der Waals surface area contributed by atoms with Crippen LogP contribution in [0.4, 0.5) is 5.69 Å². The number of alkyl halides is 3. The minimum Gasteiger partial charge on any atom is -0.392 e. The minimum absolute atomic E-state index is 0.0142. The number of amides is 1. The molecule has 4 atom stereocenters. The Morgan fingerprint density at radius 2 is 1.79 bits per heavy atom. The van der Waals surface area contributed by atoms with Gasteiger partial charge in [0.1, 0.15) is 0 Å². The molecule has 0 bridgehead atoms. The van der Waals surface area contributed by atoms with Gasteiger partial charge in [-0.25, -0.2) is 4.98 Å². The van der Waals surface area contributed by atoms with Crippen LogP contribution in [0.2, 0.25) is 0 Å². The lowest BCUT2D eigenvalue weighted by Gasteiger charge is -2.41. The standard InChI is InChI=1S/C28H26Cl3N3O4/c1-17-24(14-34-16-32-22-7-2-3-8-23(22)34)37-26(38-25(17)19-11-9-18(15-35)10-12-19)20-5-4-6-21(13-20)33-27(36)28(29,30)31/h2-13,16-17,24-26,35H,14-15H2,1H3,(H,33,36)/t17-,24+,25+,26+/m0/s1. The Kier molecular flexibility index (Phi) is 7.95. The first-order valence-electron chi connectivity index (χ1n) is 12.1. The van der Waals surface area contributed by atoms with Crippen molar-refractivity contribution in [3.63, 3.8) is 0 Å². The zero-order valence-corrected chi connectivity index (χ0v) is 22.7. The van der Waals surface area contributed by atoms with Crippen LogP contribution >= 0.6 is 34.8 Å². The van der Waals surface area contributed by atoms with E-state index in [0.29, 0.717) is 17.8 Å². The second kappa shape index (κ2) is 11.2. The normalized spacial score (nSPS) is 21.9. The number of aliphatic hydroxyl groups excluding tert-OH is 1. The molecule has 198 valence electrons. The molecule has 4 aromatic rings. The molecule has 10 heteroatoms. The number of aliphatic hydroxyl groups is 1. The van der Waals surface area contributed by atoms with Crippen molar-refractivity contribution >= 4 is 57.4 Å². The Morgan fingerprint density at radius 3 is 2.53 bits per heavy atom. The van der Waals surface area contributed by atoms with Gasteiger partial charge in [0, 0.05) is 17.2 Å². The number of anilines is 1. The number of benzene rings is 3. The van der Waals surface area contributed by atoms with E-state index in [-0.39, 0.29) is 24.7 Å². The van der Waals surface area contributed by atoms with Crippen molar-refractivity contribution in [2.45, 2.75) is 42.4 Å². The molecule has 2 heterocycles. The summed E-state index contributed by atoms with van der Waals surface area (Å²) in [4.78, 5) is 16.7. The predicted octanol–water partition coefficient (Wildman–Crippen LogP) is 6.33. The zero-order chi connectivity index (χ0) is 26.9. The summed E-state index contributed by atoms with van der Waals surface area (Å²) in [6, 6.07) is 22.8. The molecule has 1 fully saturated rings. The van der Waals surface area contributed by atoms with E-state index < -0.39 is 16.0 Å². The van der Waals surface area contributed by atoms with Gasteiger partial charge in [-0.1, -0.05) is 90.3 Å². The number of halogens is 3. The maximum Gasteiger partial charge on any atom is 0.276 e. The second-order valence-electron chi connectivity index (χ2n) is 9.28. The molecule has 2 N–H and O–H groups in total. The van der Waals surface area contributed by atoms with Gasteiger partial charge in [0.15, 0.2) is 6.29 Å². The van der Waals surface area contributed by atoms with Crippen LogP contribution in [0.15, 0.2) is 79.1 Å². The van der Waals surface area contributed by atoms with E-state index >= 15 is 0 Å². The van der Waals surface area contributed by atoms with Crippen LogP contribution in [0.5, 0.6) is 0 Å². The number of rotatable bonds is 6. The number of fused-ring (bicyclic) bond motifs is 1. The summed E-state index contributed by atoms with van der Waals surface area (Å²) in [5, 5.41) is 12.1. The number of ether oxygens (including phenoxy) is 2. The van der Waals surface area contributed by atoms with Gasteiger partial charge in [-0.15, -0.1) is 0 Å². The fraction of sp³-hybridized carbons (Fsp3) is 0.286. The van der Waals surface area contributed by atoms with Crippen LogP contribution < -0.4 is 5.32 Å². The SMILES string of the molecule is C[C@H]1[C@@H](Cn2cnc3ccccc32)O[C@@H](c2cccc(NC(=O)C(Cl)(Cl)Cl)c2)O[C@H]1c1ccc(CO)cc1. The lowest BCUT2D eigenvalue weighted by molar-refractivity contribution is -0.276. The summed E-state index contributed by atoms with van der Waals surface area (Å²) >= 11 is 17.2. The molecular weight excluding hydrogens is 549 g/mol. The molecule has 0 aliphatic carbocycles. The van der Waals surface area contributed by atoms with Gasteiger partial charge in [0.2, 0.25) is 0 Å². The van der Waals surface area contributed by atoms with E-state index in [0.717, 1.165) is 22.2 Å². The molecule has 7 nitrogen and oxygen atoms in total. The van der Waals surface area contributed by atoms with Gasteiger partial charge in [-0.05, 0) is 35.4 Å². The highest BCUT2D eigenvalue weighted by molar-refractivity contribution is 6.76. The summed E-state index contributed by atoms with van der Waals surface area (Å²) in [5.41, 5.74) is 4.89. The number of para-hydroxylation sites is 2. The molecule has 1 saturated heterocycles. The summed E-state index contributed by atoms with van der Waals surface area (Å²) in [5.74, 6) is -0.773. The minimum atomic E-state index is -2.09. The first-order chi connectivity index (χ1) is 18.2. The number of nitrogens with zero attached hydrogens (tertiary/aromatic N) is 2. The molecule has 1 amide bonds. The monoisotopic (exact) mass is 573 g/mol. The van der Waals surface area contributed by atoms with E-state index in [1.54, 1.807) is 18.2 Å². The molecule has 1 aliphatic heterocycles. The predicted molar refractivity (Wildman–Crippen MR) is 148 cm³/mol. The van der Waals surface area contributed by atoms with E-state index in [4.69, 9.17) is 44.3 Å². The molecule has 3 aromatic carbocycles. The topological polar surface area (TPSA) is 85.6 Å². The zero-order valence-electron chi connectivity index (χ0n) is 20.4. The molecule has 1 aliphatic rings. The third kappa shape index (κ3) is 5.83. The number of nitrogens with one attached hydrogen (secondary N) is 1. The molecule has 0 radical (unpaired) electrons. The van der Waals surface area contributed by atoms with Crippen LogP contribution in [0, 0.1) is 5.92 Å². The molecule has 0 spiro atoms. The first-order valence-corrected chi connectivity index (χ1v) is 13.2. The third-order valence-electron chi connectivity index (χ3n) is 6.70. The first kappa shape index (κ1) is 26.9. The van der Waals surface area contributed by atoms with Gasteiger partial charge in [-0.3, -0.25) is 4.79 Å². The van der Waals surface area contributed by atoms with Gasteiger partial charge in [-0.2, -0.15) is 0 Å². The quantitative estimate of drug-likeness (QED) is 0.263. The molecule has 38 heavy (non-hydrogen) atoms. The highest BCUT2D eigenvalue weighted by Crippen LogP contribution is 2.42. The second-order valence-corrected chi connectivity index (χ2v) is 11.6.